The average Bonchev–Trinajstić information content (AvgIpc) is 2.90. The molecule has 1 aromatic heterocycles. The molecular weight excluding hydrogens is 286 g/mol. The maximum Gasteiger partial charge on any atom is 0.0931 e. The molecule has 0 radical (unpaired) electrons. The Bertz CT molecular complexity index is 505. The van der Waals surface area contributed by atoms with Gasteiger partial charge in [0.05, 0.1) is 4.34 Å². The topological polar surface area (TPSA) is 12.0 Å². The Labute approximate surface area is 131 Å². The number of nitrogens with one attached hydrogen (secondary N) is 1. The first kappa shape index (κ1) is 15.6. The molecule has 20 heavy (non-hydrogen) atoms. The predicted octanol–water partition coefficient (Wildman–Crippen LogP) is 5.67. The van der Waals surface area contributed by atoms with Crippen LogP contribution in [-0.4, -0.2) is 0 Å². The summed E-state index contributed by atoms with van der Waals surface area (Å²) in [6, 6.07) is 15.2. The van der Waals surface area contributed by atoms with Gasteiger partial charge in [0.1, 0.15) is 0 Å². The molecule has 1 nitrogen and oxygen atoms in total. The lowest BCUT2D eigenvalue weighted by molar-refractivity contribution is 0.340. The van der Waals surface area contributed by atoms with Gasteiger partial charge in [0.2, 0.25) is 0 Å². The van der Waals surface area contributed by atoms with E-state index in [2.05, 4.69) is 55.6 Å². The van der Waals surface area contributed by atoms with Crippen LogP contribution in [0.1, 0.15) is 43.2 Å². The second kappa shape index (κ2) is 7.82. The van der Waals surface area contributed by atoms with Gasteiger partial charge in [-0.25, -0.2) is 0 Å². The molecule has 0 saturated heterocycles. The number of halogens is 1. The molecule has 3 heteroatoms. The lowest BCUT2D eigenvalue weighted by atomic mass is 9.89. The van der Waals surface area contributed by atoms with Gasteiger partial charge >= 0.3 is 0 Å². The first-order chi connectivity index (χ1) is 9.74. The van der Waals surface area contributed by atoms with Crippen molar-refractivity contribution in [1.29, 1.82) is 0 Å². The molecule has 1 aromatic carbocycles. The second-order valence-electron chi connectivity index (χ2n) is 5.05. The van der Waals surface area contributed by atoms with Gasteiger partial charge in [-0.1, -0.05) is 68.6 Å². The molecule has 0 spiro atoms. The van der Waals surface area contributed by atoms with Crippen molar-refractivity contribution in [2.45, 2.75) is 39.3 Å². The fourth-order valence-corrected chi connectivity index (χ4v) is 3.67. The molecule has 2 aromatic rings. The molecule has 1 atom stereocenters. The third-order valence-corrected chi connectivity index (χ3v) is 5.04. The number of benzene rings is 1. The summed E-state index contributed by atoms with van der Waals surface area (Å²) in [4.78, 5) is 1.29. The number of hydrogen-bond acceptors (Lipinski definition) is 2. The summed E-state index contributed by atoms with van der Waals surface area (Å²) in [5, 5.41) is 3.72. The summed E-state index contributed by atoms with van der Waals surface area (Å²) < 4.78 is 0.862. The molecule has 2 rings (SSSR count). The van der Waals surface area contributed by atoms with Crippen LogP contribution in [-0.2, 0) is 6.54 Å². The van der Waals surface area contributed by atoms with E-state index >= 15 is 0 Å². The zero-order chi connectivity index (χ0) is 14.4. The maximum absolute atomic E-state index is 6.00. The fraction of sp³-hybridized carbons (Fsp3) is 0.412. The minimum absolute atomic E-state index is 0.409. The molecular formula is C17H22ClNS. The second-order valence-corrected chi connectivity index (χ2v) is 6.85. The van der Waals surface area contributed by atoms with Crippen LogP contribution in [0.2, 0.25) is 4.34 Å². The van der Waals surface area contributed by atoms with Crippen LogP contribution in [0.5, 0.6) is 0 Å². The normalized spacial score (nSPS) is 12.8. The molecule has 0 aliphatic carbocycles. The van der Waals surface area contributed by atoms with Gasteiger partial charge in [-0.05, 0) is 23.6 Å². The van der Waals surface area contributed by atoms with Crippen molar-refractivity contribution in [3.05, 3.63) is 57.2 Å². The fourth-order valence-electron chi connectivity index (χ4n) is 2.63. The minimum atomic E-state index is 0.409. The summed E-state index contributed by atoms with van der Waals surface area (Å²) in [6.07, 6.45) is 2.38. The van der Waals surface area contributed by atoms with E-state index in [-0.39, 0.29) is 0 Å². The van der Waals surface area contributed by atoms with E-state index in [1.54, 1.807) is 11.3 Å². The number of hydrogen-bond donors (Lipinski definition) is 1. The van der Waals surface area contributed by atoms with Gasteiger partial charge in [-0.2, -0.15) is 0 Å². The van der Waals surface area contributed by atoms with Crippen molar-refractivity contribution in [2.75, 3.05) is 0 Å². The van der Waals surface area contributed by atoms with Gasteiger partial charge in [0.15, 0.2) is 0 Å². The van der Waals surface area contributed by atoms with Crippen molar-refractivity contribution in [3.8, 4) is 0 Å². The van der Waals surface area contributed by atoms with E-state index in [4.69, 9.17) is 11.6 Å². The molecule has 1 heterocycles. The van der Waals surface area contributed by atoms with E-state index in [0.29, 0.717) is 12.0 Å². The van der Waals surface area contributed by atoms with Gasteiger partial charge in [-0.15, -0.1) is 11.3 Å². The molecule has 0 fully saturated rings. The highest BCUT2D eigenvalue weighted by molar-refractivity contribution is 7.16. The first-order valence-corrected chi connectivity index (χ1v) is 8.46. The Kier molecular flexibility index (Phi) is 6.08. The lowest BCUT2D eigenvalue weighted by Crippen LogP contribution is -2.27. The first-order valence-electron chi connectivity index (χ1n) is 7.27. The van der Waals surface area contributed by atoms with Gasteiger partial charge < -0.3 is 5.32 Å². The van der Waals surface area contributed by atoms with Crippen molar-refractivity contribution in [2.24, 2.45) is 5.92 Å². The zero-order valence-electron chi connectivity index (χ0n) is 12.1. The highest BCUT2D eigenvalue weighted by Crippen LogP contribution is 2.29. The Morgan fingerprint density at radius 1 is 1.05 bits per heavy atom. The third-order valence-electron chi connectivity index (χ3n) is 3.80. The standard InChI is InChI=1S/C17H22ClNS/c1-3-13(4-2)17(14-8-6-5-7-9-14)19-12-15-10-11-16(18)20-15/h5-11,13,17,19H,3-4,12H2,1-2H3. The summed E-state index contributed by atoms with van der Waals surface area (Å²) in [5.41, 5.74) is 1.38. The predicted molar refractivity (Wildman–Crippen MR) is 89.4 cm³/mol. The van der Waals surface area contributed by atoms with E-state index < -0.39 is 0 Å². The van der Waals surface area contributed by atoms with Crippen LogP contribution >= 0.6 is 22.9 Å². The van der Waals surface area contributed by atoms with Crippen LogP contribution in [0.3, 0.4) is 0 Å². The summed E-state index contributed by atoms with van der Waals surface area (Å²) in [7, 11) is 0. The van der Waals surface area contributed by atoms with Crippen molar-refractivity contribution >= 4 is 22.9 Å². The van der Waals surface area contributed by atoms with E-state index in [0.717, 1.165) is 10.9 Å². The van der Waals surface area contributed by atoms with Crippen LogP contribution < -0.4 is 5.32 Å². The Morgan fingerprint density at radius 3 is 2.30 bits per heavy atom. The zero-order valence-corrected chi connectivity index (χ0v) is 13.7. The van der Waals surface area contributed by atoms with Crippen LogP contribution in [0.4, 0.5) is 0 Å². The van der Waals surface area contributed by atoms with E-state index in [1.807, 2.05) is 6.07 Å². The maximum atomic E-state index is 6.00. The van der Waals surface area contributed by atoms with Crippen molar-refractivity contribution < 1.29 is 0 Å². The molecule has 1 unspecified atom stereocenters. The summed E-state index contributed by atoms with van der Waals surface area (Å²) in [6.45, 7) is 5.43. The number of rotatable bonds is 7. The SMILES string of the molecule is CCC(CC)C(NCc1ccc(Cl)s1)c1ccccc1. The van der Waals surface area contributed by atoms with Crippen molar-refractivity contribution in [1.82, 2.24) is 5.32 Å². The van der Waals surface area contributed by atoms with Crippen LogP contribution in [0.15, 0.2) is 42.5 Å². The Balaban J connectivity index is 2.10. The molecule has 0 amide bonds. The molecule has 0 aliphatic heterocycles. The summed E-state index contributed by atoms with van der Waals surface area (Å²) in [5.74, 6) is 0.660. The molecule has 0 saturated carbocycles. The lowest BCUT2D eigenvalue weighted by Gasteiger charge is -2.27. The quantitative estimate of drug-likeness (QED) is 0.695. The van der Waals surface area contributed by atoms with E-state index in [9.17, 15) is 0 Å². The highest BCUT2D eigenvalue weighted by atomic mass is 35.5. The van der Waals surface area contributed by atoms with Gasteiger partial charge in [0, 0.05) is 17.5 Å². The van der Waals surface area contributed by atoms with E-state index in [1.165, 1.54) is 23.3 Å². The van der Waals surface area contributed by atoms with Crippen LogP contribution in [0, 0.1) is 5.92 Å². The Morgan fingerprint density at radius 2 is 1.75 bits per heavy atom. The molecule has 108 valence electrons. The minimum Gasteiger partial charge on any atom is -0.305 e. The average molecular weight is 308 g/mol. The summed E-state index contributed by atoms with van der Waals surface area (Å²) >= 11 is 7.66. The highest BCUT2D eigenvalue weighted by Gasteiger charge is 2.19. The molecule has 0 bridgehead atoms. The molecule has 1 N–H and O–H groups in total. The molecule has 0 aliphatic rings. The van der Waals surface area contributed by atoms with Crippen molar-refractivity contribution in [3.63, 3.8) is 0 Å². The van der Waals surface area contributed by atoms with Gasteiger partial charge in [0.25, 0.3) is 0 Å². The van der Waals surface area contributed by atoms with Gasteiger partial charge in [-0.3, -0.25) is 0 Å². The van der Waals surface area contributed by atoms with Crippen LogP contribution in [0.25, 0.3) is 0 Å². The Hall–Kier alpha value is -0.830. The number of thiophene rings is 1. The smallest absolute Gasteiger partial charge is 0.0931 e. The largest absolute Gasteiger partial charge is 0.305 e. The third kappa shape index (κ3) is 4.08. The monoisotopic (exact) mass is 307 g/mol.